The standard InChI is InChI=1S/C20H22ClN3O4S/c21-16-8-10-18(11-9-16)29(27,28)24-12-4-5-15(14-24)20(26)22-13-19(25)23-17-6-2-1-3-7-17/h1-3,6-11,15H,4-5,12-14H2,(H,22,26)(H,23,25)/t15-/m1/s1. The highest BCUT2D eigenvalue weighted by atomic mass is 35.5. The predicted molar refractivity (Wildman–Crippen MR) is 111 cm³/mol. The Labute approximate surface area is 175 Å². The molecule has 1 saturated heterocycles. The molecule has 0 radical (unpaired) electrons. The maximum atomic E-state index is 12.8. The molecule has 2 amide bonds. The number of rotatable bonds is 6. The van der Waals surface area contributed by atoms with Crippen molar-refractivity contribution in [3.63, 3.8) is 0 Å². The predicted octanol–water partition coefficient (Wildman–Crippen LogP) is 2.50. The van der Waals surface area contributed by atoms with Gasteiger partial charge in [-0.3, -0.25) is 9.59 Å². The third kappa shape index (κ3) is 5.56. The molecule has 2 aromatic carbocycles. The van der Waals surface area contributed by atoms with Crippen molar-refractivity contribution in [2.45, 2.75) is 17.7 Å². The van der Waals surface area contributed by atoms with Crippen molar-refractivity contribution in [1.29, 1.82) is 0 Å². The maximum Gasteiger partial charge on any atom is 0.243 e. The molecule has 0 saturated carbocycles. The number of piperidine rings is 1. The molecule has 0 aliphatic carbocycles. The average Bonchev–Trinajstić information content (AvgIpc) is 2.73. The Bertz CT molecular complexity index is 965. The van der Waals surface area contributed by atoms with E-state index in [2.05, 4.69) is 10.6 Å². The Morgan fingerprint density at radius 1 is 1.07 bits per heavy atom. The fraction of sp³-hybridized carbons (Fsp3) is 0.300. The van der Waals surface area contributed by atoms with Gasteiger partial charge in [-0.2, -0.15) is 4.31 Å². The summed E-state index contributed by atoms with van der Waals surface area (Å²) < 4.78 is 27.0. The summed E-state index contributed by atoms with van der Waals surface area (Å²) in [4.78, 5) is 24.6. The molecular formula is C20H22ClN3O4S. The number of anilines is 1. The maximum absolute atomic E-state index is 12.8. The number of hydrogen-bond acceptors (Lipinski definition) is 4. The molecule has 0 spiro atoms. The lowest BCUT2D eigenvalue weighted by molar-refractivity contribution is -0.128. The third-order valence-electron chi connectivity index (χ3n) is 4.69. The normalized spacial score (nSPS) is 17.5. The largest absolute Gasteiger partial charge is 0.347 e. The molecule has 0 aromatic heterocycles. The number of amides is 2. The van der Waals surface area contributed by atoms with Gasteiger partial charge in [0, 0.05) is 23.8 Å². The lowest BCUT2D eigenvalue weighted by atomic mass is 9.99. The molecule has 1 atom stereocenters. The third-order valence-corrected chi connectivity index (χ3v) is 6.82. The zero-order valence-electron chi connectivity index (χ0n) is 15.7. The van der Waals surface area contributed by atoms with Crippen molar-refractivity contribution in [2.24, 2.45) is 5.92 Å². The van der Waals surface area contributed by atoms with E-state index in [4.69, 9.17) is 11.6 Å². The van der Waals surface area contributed by atoms with Crippen LogP contribution in [0.25, 0.3) is 0 Å². The first-order chi connectivity index (χ1) is 13.9. The van der Waals surface area contributed by atoms with Crippen molar-refractivity contribution >= 4 is 39.1 Å². The summed E-state index contributed by atoms with van der Waals surface area (Å²) in [5.41, 5.74) is 0.643. The number of hydrogen-bond donors (Lipinski definition) is 2. The van der Waals surface area contributed by atoms with Gasteiger partial charge in [0.15, 0.2) is 0 Å². The van der Waals surface area contributed by atoms with Gasteiger partial charge >= 0.3 is 0 Å². The van der Waals surface area contributed by atoms with Crippen LogP contribution in [0.4, 0.5) is 5.69 Å². The van der Waals surface area contributed by atoms with Crippen molar-refractivity contribution < 1.29 is 18.0 Å². The molecule has 0 bridgehead atoms. The van der Waals surface area contributed by atoms with Crippen LogP contribution in [0.5, 0.6) is 0 Å². The highest BCUT2D eigenvalue weighted by Gasteiger charge is 2.33. The second-order valence-electron chi connectivity index (χ2n) is 6.79. The SMILES string of the molecule is O=C(CNC(=O)[C@@H]1CCCN(S(=O)(=O)c2ccc(Cl)cc2)C1)Nc1ccccc1. The number of carbonyl (C=O) groups is 2. The van der Waals surface area contributed by atoms with Gasteiger partial charge in [-0.15, -0.1) is 0 Å². The lowest BCUT2D eigenvalue weighted by Gasteiger charge is -2.31. The van der Waals surface area contributed by atoms with Crippen LogP contribution in [-0.4, -0.2) is 44.2 Å². The second-order valence-corrected chi connectivity index (χ2v) is 9.16. The summed E-state index contributed by atoms with van der Waals surface area (Å²) in [6, 6.07) is 14.9. The second kappa shape index (κ2) is 9.39. The van der Waals surface area contributed by atoms with Crippen molar-refractivity contribution in [1.82, 2.24) is 9.62 Å². The molecule has 2 aromatic rings. The number of carbonyl (C=O) groups excluding carboxylic acids is 2. The number of halogens is 1. The van der Waals surface area contributed by atoms with Crippen LogP contribution in [0.1, 0.15) is 12.8 Å². The lowest BCUT2D eigenvalue weighted by Crippen LogP contribution is -2.46. The number of benzene rings is 2. The first kappa shape index (κ1) is 21.3. The molecule has 154 valence electrons. The van der Waals surface area contributed by atoms with E-state index >= 15 is 0 Å². The van der Waals surface area contributed by atoms with Crippen LogP contribution in [0.2, 0.25) is 5.02 Å². The zero-order valence-corrected chi connectivity index (χ0v) is 17.2. The quantitative estimate of drug-likeness (QED) is 0.728. The first-order valence-electron chi connectivity index (χ1n) is 9.24. The zero-order chi connectivity index (χ0) is 20.9. The Morgan fingerprint density at radius 2 is 1.76 bits per heavy atom. The molecule has 1 fully saturated rings. The van der Waals surface area contributed by atoms with Gasteiger partial charge < -0.3 is 10.6 Å². The van der Waals surface area contributed by atoms with Crippen LogP contribution in [0.3, 0.4) is 0 Å². The van der Waals surface area contributed by atoms with Crippen LogP contribution < -0.4 is 10.6 Å². The summed E-state index contributed by atoms with van der Waals surface area (Å²) in [7, 11) is -3.70. The smallest absolute Gasteiger partial charge is 0.243 e. The molecule has 1 heterocycles. The van der Waals surface area contributed by atoms with E-state index in [9.17, 15) is 18.0 Å². The van der Waals surface area contributed by atoms with Gasteiger partial charge in [0.2, 0.25) is 21.8 Å². The summed E-state index contributed by atoms with van der Waals surface area (Å²) in [6.07, 6.45) is 1.14. The molecule has 2 N–H and O–H groups in total. The van der Waals surface area contributed by atoms with E-state index in [0.717, 1.165) is 0 Å². The van der Waals surface area contributed by atoms with Crippen molar-refractivity contribution in [2.75, 3.05) is 25.0 Å². The minimum Gasteiger partial charge on any atom is -0.347 e. The molecule has 7 nitrogen and oxygen atoms in total. The Morgan fingerprint density at radius 3 is 2.45 bits per heavy atom. The Hall–Kier alpha value is -2.42. The van der Waals surface area contributed by atoms with E-state index in [1.807, 2.05) is 6.07 Å². The number of nitrogens with one attached hydrogen (secondary N) is 2. The van der Waals surface area contributed by atoms with Gasteiger partial charge in [-0.1, -0.05) is 29.8 Å². The summed E-state index contributed by atoms with van der Waals surface area (Å²) in [5.74, 6) is -1.18. The highest BCUT2D eigenvalue weighted by Crippen LogP contribution is 2.24. The molecule has 1 aliphatic heterocycles. The van der Waals surface area contributed by atoms with Gasteiger partial charge in [0.05, 0.1) is 17.4 Å². The van der Waals surface area contributed by atoms with E-state index in [1.54, 1.807) is 24.3 Å². The monoisotopic (exact) mass is 435 g/mol. The van der Waals surface area contributed by atoms with E-state index < -0.39 is 15.9 Å². The first-order valence-corrected chi connectivity index (χ1v) is 11.1. The fourth-order valence-corrected chi connectivity index (χ4v) is 4.82. The van der Waals surface area contributed by atoms with Crippen molar-refractivity contribution in [3.8, 4) is 0 Å². The van der Waals surface area contributed by atoms with E-state index in [-0.39, 0.29) is 29.8 Å². The minimum atomic E-state index is -3.70. The highest BCUT2D eigenvalue weighted by molar-refractivity contribution is 7.89. The summed E-state index contributed by atoms with van der Waals surface area (Å²) in [5, 5.41) is 5.74. The van der Waals surface area contributed by atoms with Crippen LogP contribution >= 0.6 is 11.6 Å². The average molecular weight is 436 g/mol. The van der Waals surface area contributed by atoms with Gasteiger partial charge in [-0.25, -0.2) is 8.42 Å². The molecular weight excluding hydrogens is 414 g/mol. The van der Waals surface area contributed by atoms with E-state index in [1.165, 1.54) is 28.6 Å². The fourth-order valence-electron chi connectivity index (χ4n) is 3.17. The van der Waals surface area contributed by atoms with Gasteiger partial charge in [0.1, 0.15) is 0 Å². The van der Waals surface area contributed by atoms with Gasteiger partial charge in [0.25, 0.3) is 0 Å². The van der Waals surface area contributed by atoms with Gasteiger partial charge in [-0.05, 0) is 49.2 Å². The number of nitrogens with zero attached hydrogens (tertiary/aromatic N) is 1. The molecule has 3 rings (SSSR count). The molecule has 0 unspecified atom stereocenters. The van der Waals surface area contributed by atoms with Crippen LogP contribution in [0, 0.1) is 5.92 Å². The van der Waals surface area contributed by atoms with Crippen LogP contribution in [0.15, 0.2) is 59.5 Å². The Kier molecular flexibility index (Phi) is 6.89. The summed E-state index contributed by atoms with van der Waals surface area (Å²) >= 11 is 5.83. The van der Waals surface area contributed by atoms with Crippen molar-refractivity contribution in [3.05, 3.63) is 59.6 Å². The topological polar surface area (TPSA) is 95.6 Å². The molecule has 9 heteroatoms. The molecule has 1 aliphatic rings. The number of sulfonamides is 1. The summed E-state index contributed by atoms with van der Waals surface area (Å²) in [6.45, 7) is 0.258. The number of para-hydroxylation sites is 1. The minimum absolute atomic E-state index is 0.0805. The van der Waals surface area contributed by atoms with E-state index in [0.29, 0.717) is 30.1 Å². The Balaban J connectivity index is 1.56. The molecule has 29 heavy (non-hydrogen) atoms. The van der Waals surface area contributed by atoms with Crippen LogP contribution in [-0.2, 0) is 19.6 Å².